The van der Waals surface area contributed by atoms with Gasteiger partial charge in [0.05, 0.1) is 12.3 Å². The first-order valence-electron chi connectivity index (χ1n) is 6.89. The number of nitrogens with zero attached hydrogens (tertiary/aromatic N) is 4. The fourth-order valence-electron chi connectivity index (χ4n) is 2.26. The van der Waals surface area contributed by atoms with Gasteiger partial charge in [-0.15, -0.1) is 24.0 Å². The molecule has 0 aliphatic carbocycles. The SMILES string of the molecule is CN=C(NCCOC)N1CCN(Cc2ccon2)CC1.I. The Morgan fingerprint density at radius 2 is 2.19 bits per heavy atom. The molecule has 0 saturated carbocycles. The molecule has 7 nitrogen and oxygen atoms in total. The smallest absolute Gasteiger partial charge is 0.193 e. The van der Waals surface area contributed by atoms with Crippen LogP contribution in [0.3, 0.4) is 0 Å². The molecule has 2 heterocycles. The lowest BCUT2D eigenvalue weighted by molar-refractivity contribution is 0.166. The van der Waals surface area contributed by atoms with Crippen molar-refractivity contribution in [2.45, 2.75) is 6.54 Å². The van der Waals surface area contributed by atoms with Crippen molar-refractivity contribution >= 4 is 29.9 Å². The van der Waals surface area contributed by atoms with Crippen LogP contribution in [0, 0.1) is 0 Å². The summed E-state index contributed by atoms with van der Waals surface area (Å²) < 4.78 is 9.90. The Morgan fingerprint density at radius 3 is 2.76 bits per heavy atom. The van der Waals surface area contributed by atoms with E-state index in [0.717, 1.165) is 50.9 Å². The highest BCUT2D eigenvalue weighted by molar-refractivity contribution is 14.0. The summed E-state index contributed by atoms with van der Waals surface area (Å²) in [6.07, 6.45) is 1.62. The molecule has 2 rings (SSSR count). The van der Waals surface area contributed by atoms with Crippen molar-refractivity contribution < 1.29 is 9.26 Å². The van der Waals surface area contributed by atoms with E-state index in [-0.39, 0.29) is 24.0 Å². The molecule has 1 aliphatic rings. The first-order chi connectivity index (χ1) is 9.83. The number of hydrogen-bond donors (Lipinski definition) is 1. The highest BCUT2D eigenvalue weighted by Gasteiger charge is 2.19. The molecular formula is C13H24IN5O2. The first-order valence-corrected chi connectivity index (χ1v) is 6.89. The molecular weight excluding hydrogens is 385 g/mol. The van der Waals surface area contributed by atoms with Gasteiger partial charge in [0, 0.05) is 59.5 Å². The third-order valence-electron chi connectivity index (χ3n) is 3.35. The summed E-state index contributed by atoms with van der Waals surface area (Å²) in [5.41, 5.74) is 0.987. The van der Waals surface area contributed by atoms with Crippen LogP contribution in [0.25, 0.3) is 0 Å². The number of rotatable bonds is 5. The highest BCUT2D eigenvalue weighted by Crippen LogP contribution is 2.07. The Morgan fingerprint density at radius 1 is 1.43 bits per heavy atom. The number of nitrogens with one attached hydrogen (secondary N) is 1. The van der Waals surface area contributed by atoms with E-state index in [0.29, 0.717) is 6.61 Å². The fraction of sp³-hybridized carbons (Fsp3) is 0.692. The van der Waals surface area contributed by atoms with Crippen LogP contribution >= 0.6 is 24.0 Å². The van der Waals surface area contributed by atoms with Crippen LogP contribution in [0.1, 0.15) is 5.69 Å². The number of piperazine rings is 1. The number of halogens is 1. The second kappa shape index (κ2) is 9.96. The molecule has 0 aromatic carbocycles. The molecule has 8 heteroatoms. The topological polar surface area (TPSA) is 66.1 Å². The van der Waals surface area contributed by atoms with Crippen LogP contribution in [0.2, 0.25) is 0 Å². The van der Waals surface area contributed by atoms with E-state index < -0.39 is 0 Å². The highest BCUT2D eigenvalue weighted by atomic mass is 127. The minimum Gasteiger partial charge on any atom is -0.383 e. The average Bonchev–Trinajstić information content (AvgIpc) is 2.98. The summed E-state index contributed by atoms with van der Waals surface area (Å²) in [5.74, 6) is 0.947. The Balaban J connectivity index is 0.00000220. The normalized spacial score (nSPS) is 16.7. The lowest BCUT2D eigenvalue weighted by Gasteiger charge is -2.36. The molecule has 0 bridgehead atoms. The minimum atomic E-state index is 0. The van der Waals surface area contributed by atoms with Crippen molar-refractivity contribution in [3.63, 3.8) is 0 Å². The van der Waals surface area contributed by atoms with Crippen molar-refractivity contribution in [2.24, 2.45) is 4.99 Å². The maximum atomic E-state index is 5.04. The summed E-state index contributed by atoms with van der Waals surface area (Å²) in [6, 6.07) is 1.91. The van der Waals surface area contributed by atoms with Gasteiger partial charge in [0.2, 0.25) is 0 Å². The summed E-state index contributed by atoms with van der Waals surface area (Å²) in [5, 5.41) is 7.26. The second-order valence-corrected chi connectivity index (χ2v) is 4.72. The largest absolute Gasteiger partial charge is 0.383 e. The lowest BCUT2D eigenvalue weighted by atomic mass is 10.3. The molecule has 1 fully saturated rings. The van der Waals surface area contributed by atoms with Crippen LogP contribution in [0.4, 0.5) is 0 Å². The van der Waals surface area contributed by atoms with Gasteiger partial charge in [-0.25, -0.2) is 0 Å². The number of ether oxygens (including phenoxy) is 1. The maximum Gasteiger partial charge on any atom is 0.193 e. The van der Waals surface area contributed by atoms with E-state index in [1.54, 1.807) is 13.4 Å². The van der Waals surface area contributed by atoms with E-state index in [4.69, 9.17) is 9.26 Å². The van der Waals surface area contributed by atoms with Crippen LogP contribution in [-0.2, 0) is 11.3 Å². The van der Waals surface area contributed by atoms with Crippen LogP contribution < -0.4 is 5.32 Å². The van der Waals surface area contributed by atoms with Gasteiger partial charge in [0.1, 0.15) is 6.26 Å². The summed E-state index contributed by atoms with van der Waals surface area (Å²) in [7, 11) is 3.52. The van der Waals surface area contributed by atoms with Crippen molar-refractivity contribution in [3.8, 4) is 0 Å². The molecule has 0 unspecified atom stereocenters. The van der Waals surface area contributed by atoms with E-state index >= 15 is 0 Å². The van der Waals surface area contributed by atoms with Crippen molar-refractivity contribution in [3.05, 3.63) is 18.0 Å². The summed E-state index contributed by atoms with van der Waals surface area (Å²) in [4.78, 5) is 8.96. The number of aromatic nitrogens is 1. The molecule has 0 radical (unpaired) electrons. The van der Waals surface area contributed by atoms with Crippen molar-refractivity contribution in [1.82, 2.24) is 20.3 Å². The van der Waals surface area contributed by atoms with Crippen molar-refractivity contribution in [2.75, 3.05) is 53.5 Å². The molecule has 1 saturated heterocycles. The average molecular weight is 409 g/mol. The Kier molecular flexibility index (Phi) is 8.62. The summed E-state index contributed by atoms with van der Waals surface area (Å²) >= 11 is 0. The molecule has 1 aromatic rings. The zero-order valence-electron chi connectivity index (χ0n) is 12.6. The molecule has 1 N–H and O–H groups in total. The van der Waals surface area contributed by atoms with E-state index in [1.165, 1.54) is 0 Å². The monoisotopic (exact) mass is 409 g/mol. The predicted molar refractivity (Wildman–Crippen MR) is 92.0 cm³/mol. The molecule has 1 aliphatic heterocycles. The zero-order valence-corrected chi connectivity index (χ0v) is 14.9. The first kappa shape index (κ1) is 18.2. The standard InChI is InChI=1S/C13H23N5O2.HI/c1-14-13(15-4-10-19-2)18-7-5-17(6-8-18)11-12-3-9-20-16-12;/h3,9H,4-8,10-11H2,1-2H3,(H,14,15);1H. The Labute approximate surface area is 142 Å². The van der Waals surface area contributed by atoms with Gasteiger partial charge in [-0.3, -0.25) is 9.89 Å². The molecule has 21 heavy (non-hydrogen) atoms. The Hall–Kier alpha value is -0.870. The minimum absolute atomic E-state index is 0. The quantitative estimate of drug-likeness (QED) is 0.333. The molecule has 0 spiro atoms. The summed E-state index contributed by atoms with van der Waals surface area (Å²) in [6.45, 7) is 6.23. The lowest BCUT2D eigenvalue weighted by Crippen LogP contribution is -2.52. The van der Waals surface area contributed by atoms with Crippen LogP contribution in [0.15, 0.2) is 21.8 Å². The van der Waals surface area contributed by atoms with Crippen LogP contribution in [-0.4, -0.2) is 74.4 Å². The van der Waals surface area contributed by atoms with Crippen molar-refractivity contribution in [1.29, 1.82) is 0 Å². The fourth-order valence-corrected chi connectivity index (χ4v) is 2.26. The van der Waals surface area contributed by atoms with Crippen LogP contribution in [0.5, 0.6) is 0 Å². The molecule has 1 aromatic heterocycles. The zero-order chi connectivity index (χ0) is 14.2. The molecule has 120 valence electrons. The molecule has 0 amide bonds. The maximum absolute atomic E-state index is 5.04. The third-order valence-corrected chi connectivity index (χ3v) is 3.35. The van der Waals surface area contributed by atoms with Gasteiger partial charge in [0.15, 0.2) is 5.96 Å². The second-order valence-electron chi connectivity index (χ2n) is 4.72. The van der Waals surface area contributed by atoms with E-state index in [1.807, 2.05) is 13.1 Å². The number of aliphatic imine (C=N–C) groups is 1. The van der Waals surface area contributed by atoms with E-state index in [2.05, 4.69) is 25.3 Å². The van der Waals surface area contributed by atoms with Gasteiger partial charge in [-0.05, 0) is 0 Å². The van der Waals surface area contributed by atoms with Gasteiger partial charge in [-0.2, -0.15) is 0 Å². The molecule has 0 atom stereocenters. The Bertz CT molecular complexity index is 405. The predicted octanol–water partition coefficient (Wildman–Crippen LogP) is 0.632. The van der Waals surface area contributed by atoms with E-state index in [9.17, 15) is 0 Å². The number of methoxy groups -OCH3 is 1. The number of hydrogen-bond acceptors (Lipinski definition) is 5. The number of guanidine groups is 1. The van der Waals surface area contributed by atoms with Gasteiger partial charge >= 0.3 is 0 Å². The van der Waals surface area contributed by atoms with Gasteiger partial charge < -0.3 is 19.5 Å². The third kappa shape index (κ3) is 5.79. The van der Waals surface area contributed by atoms with Gasteiger partial charge in [0.25, 0.3) is 0 Å². The van der Waals surface area contributed by atoms with Gasteiger partial charge in [-0.1, -0.05) is 5.16 Å².